The van der Waals surface area contributed by atoms with E-state index >= 15 is 0 Å². The van der Waals surface area contributed by atoms with E-state index in [-0.39, 0.29) is 0 Å². The van der Waals surface area contributed by atoms with E-state index in [1.807, 2.05) is 0 Å². The van der Waals surface area contributed by atoms with Gasteiger partial charge in [0.1, 0.15) is 5.75 Å². The smallest absolute Gasteiger partial charge is 0.119 e. The van der Waals surface area contributed by atoms with Gasteiger partial charge in [-0.3, -0.25) is 0 Å². The molecule has 1 aliphatic carbocycles. The van der Waals surface area contributed by atoms with Crippen molar-refractivity contribution in [3.63, 3.8) is 0 Å². The van der Waals surface area contributed by atoms with Gasteiger partial charge in [-0.25, -0.2) is 0 Å². The Morgan fingerprint density at radius 2 is 2.28 bits per heavy atom. The van der Waals surface area contributed by atoms with Crippen LogP contribution in [0.1, 0.15) is 36.3 Å². The number of methoxy groups -OCH3 is 1. The van der Waals surface area contributed by atoms with Crippen LogP contribution in [-0.4, -0.2) is 26.2 Å². The van der Waals surface area contributed by atoms with E-state index in [1.54, 1.807) is 12.7 Å². The minimum absolute atomic E-state index is 0.755. The highest BCUT2D eigenvalue weighted by Crippen LogP contribution is 2.51. The molecule has 1 aromatic carbocycles. The molecule has 0 bridgehead atoms. The molecule has 0 amide bonds. The molecule has 3 aliphatic rings. The number of rotatable bonds is 1. The van der Waals surface area contributed by atoms with Gasteiger partial charge in [0.15, 0.2) is 0 Å². The van der Waals surface area contributed by atoms with Crippen LogP contribution in [-0.2, 0) is 6.54 Å². The van der Waals surface area contributed by atoms with Gasteiger partial charge in [-0.2, -0.15) is 0 Å². The fourth-order valence-electron chi connectivity index (χ4n) is 4.12. The molecule has 1 fully saturated rings. The van der Waals surface area contributed by atoms with Crippen LogP contribution in [0.5, 0.6) is 5.75 Å². The third kappa shape index (κ3) is 1.34. The van der Waals surface area contributed by atoms with Crippen molar-refractivity contribution >= 4 is 5.69 Å². The highest BCUT2D eigenvalue weighted by Gasteiger charge is 2.43. The van der Waals surface area contributed by atoms with Crippen LogP contribution in [0, 0.1) is 0 Å². The molecular formula is C15H20N2O. The van der Waals surface area contributed by atoms with E-state index in [2.05, 4.69) is 22.3 Å². The van der Waals surface area contributed by atoms with Gasteiger partial charge in [0.05, 0.1) is 7.11 Å². The Balaban J connectivity index is 1.91. The van der Waals surface area contributed by atoms with E-state index in [0.29, 0.717) is 0 Å². The van der Waals surface area contributed by atoms with Gasteiger partial charge in [0, 0.05) is 37.3 Å². The summed E-state index contributed by atoms with van der Waals surface area (Å²) in [5.41, 5.74) is 4.50. The van der Waals surface area contributed by atoms with Gasteiger partial charge < -0.3 is 15.0 Å². The molecule has 1 saturated carbocycles. The highest BCUT2D eigenvalue weighted by atomic mass is 16.5. The van der Waals surface area contributed by atoms with Crippen LogP contribution in [0.3, 0.4) is 0 Å². The Morgan fingerprint density at radius 3 is 3.17 bits per heavy atom. The molecule has 96 valence electrons. The number of benzene rings is 1. The molecule has 1 aromatic rings. The van der Waals surface area contributed by atoms with Crippen molar-refractivity contribution in [3.8, 4) is 5.75 Å². The maximum Gasteiger partial charge on any atom is 0.119 e. The first-order valence-electron chi connectivity index (χ1n) is 7.06. The average Bonchev–Trinajstić information content (AvgIpc) is 2.89. The predicted molar refractivity (Wildman–Crippen MR) is 72.4 cm³/mol. The lowest BCUT2D eigenvalue weighted by molar-refractivity contribution is 0.413. The summed E-state index contributed by atoms with van der Waals surface area (Å²) < 4.78 is 5.48. The first kappa shape index (κ1) is 10.7. The van der Waals surface area contributed by atoms with Crippen LogP contribution >= 0.6 is 0 Å². The SMILES string of the molecule is COc1cc2c3c(c1)[C@H]1CCC[C@H]1N3CCNC2. The number of nitrogens with one attached hydrogen (secondary N) is 1. The summed E-state index contributed by atoms with van der Waals surface area (Å²) in [6.07, 6.45) is 4.10. The monoisotopic (exact) mass is 244 g/mol. The topological polar surface area (TPSA) is 24.5 Å². The van der Waals surface area contributed by atoms with Crippen LogP contribution < -0.4 is 15.0 Å². The van der Waals surface area contributed by atoms with E-state index in [9.17, 15) is 0 Å². The Kier molecular flexibility index (Phi) is 2.31. The molecule has 2 aliphatic heterocycles. The lowest BCUT2D eigenvalue weighted by atomic mass is 9.95. The van der Waals surface area contributed by atoms with Crippen molar-refractivity contribution in [1.29, 1.82) is 0 Å². The second-order valence-electron chi connectivity index (χ2n) is 5.70. The zero-order valence-corrected chi connectivity index (χ0v) is 10.9. The fraction of sp³-hybridized carbons (Fsp3) is 0.600. The van der Waals surface area contributed by atoms with Gasteiger partial charge in [0.25, 0.3) is 0 Å². The quantitative estimate of drug-likeness (QED) is 0.820. The molecular weight excluding hydrogens is 224 g/mol. The van der Waals surface area contributed by atoms with Crippen LogP contribution in [0.25, 0.3) is 0 Å². The second kappa shape index (κ2) is 3.89. The zero-order valence-electron chi connectivity index (χ0n) is 10.9. The summed E-state index contributed by atoms with van der Waals surface area (Å²) in [5, 5.41) is 3.53. The largest absolute Gasteiger partial charge is 0.497 e. The predicted octanol–water partition coefficient (Wildman–Crippen LogP) is 2.25. The Bertz CT molecular complexity index is 486. The maximum atomic E-state index is 5.48. The Morgan fingerprint density at radius 1 is 1.33 bits per heavy atom. The van der Waals surface area contributed by atoms with E-state index in [1.165, 1.54) is 30.5 Å². The Labute approximate surface area is 108 Å². The summed E-state index contributed by atoms with van der Waals surface area (Å²) in [6.45, 7) is 3.24. The normalized spacial score (nSPS) is 28.8. The first-order chi connectivity index (χ1) is 8.88. The molecule has 0 saturated heterocycles. The summed E-state index contributed by atoms with van der Waals surface area (Å²) in [4.78, 5) is 2.67. The fourth-order valence-corrected chi connectivity index (χ4v) is 4.12. The lowest BCUT2D eigenvalue weighted by Crippen LogP contribution is -2.35. The maximum absolute atomic E-state index is 5.48. The van der Waals surface area contributed by atoms with Crippen LogP contribution in [0.4, 0.5) is 5.69 Å². The van der Waals surface area contributed by atoms with Gasteiger partial charge in [-0.1, -0.05) is 6.42 Å². The number of nitrogens with zero attached hydrogens (tertiary/aromatic N) is 1. The number of hydrogen-bond acceptors (Lipinski definition) is 3. The molecule has 3 nitrogen and oxygen atoms in total. The molecule has 0 radical (unpaired) electrons. The molecule has 0 unspecified atom stereocenters. The van der Waals surface area contributed by atoms with Crippen molar-refractivity contribution in [3.05, 3.63) is 23.3 Å². The Hall–Kier alpha value is -1.22. The molecule has 4 rings (SSSR count). The molecule has 3 heteroatoms. The molecule has 2 atom stereocenters. The lowest BCUT2D eigenvalue weighted by Gasteiger charge is -2.26. The van der Waals surface area contributed by atoms with E-state index < -0.39 is 0 Å². The first-order valence-corrected chi connectivity index (χ1v) is 7.06. The molecule has 2 heterocycles. The standard InChI is InChI=1S/C15H20N2O/c1-18-11-7-10-9-16-5-6-17-14-4-2-3-12(14)13(8-11)15(10)17/h7-8,12,14,16H,2-6,9H2,1H3/t12-,14-/m1/s1. The molecule has 1 N–H and O–H groups in total. The third-order valence-electron chi connectivity index (χ3n) is 4.84. The van der Waals surface area contributed by atoms with Crippen molar-refractivity contribution in [2.24, 2.45) is 0 Å². The number of hydrogen-bond donors (Lipinski definition) is 1. The van der Waals surface area contributed by atoms with Crippen LogP contribution in [0.15, 0.2) is 12.1 Å². The zero-order chi connectivity index (χ0) is 12.1. The van der Waals surface area contributed by atoms with Gasteiger partial charge in [-0.15, -0.1) is 0 Å². The molecule has 0 spiro atoms. The minimum Gasteiger partial charge on any atom is -0.497 e. The van der Waals surface area contributed by atoms with Gasteiger partial charge in [-0.05, 0) is 36.1 Å². The van der Waals surface area contributed by atoms with E-state index in [0.717, 1.165) is 37.3 Å². The highest BCUT2D eigenvalue weighted by molar-refractivity contribution is 5.69. The van der Waals surface area contributed by atoms with E-state index in [4.69, 9.17) is 4.74 Å². The second-order valence-corrected chi connectivity index (χ2v) is 5.70. The third-order valence-corrected chi connectivity index (χ3v) is 4.84. The summed E-state index contributed by atoms with van der Waals surface area (Å²) in [7, 11) is 1.78. The van der Waals surface area contributed by atoms with Gasteiger partial charge >= 0.3 is 0 Å². The summed E-state index contributed by atoms with van der Waals surface area (Å²) in [6, 6.07) is 5.25. The molecule has 18 heavy (non-hydrogen) atoms. The van der Waals surface area contributed by atoms with Crippen molar-refractivity contribution in [1.82, 2.24) is 5.32 Å². The molecule has 0 aromatic heterocycles. The summed E-state index contributed by atoms with van der Waals surface area (Å²) >= 11 is 0. The number of fused-ring (bicyclic) bond motifs is 3. The van der Waals surface area contributed by atoms with Crippen molar-refractivity contribution in [2.75, 3.05) is 25.1 Å². The van der Waals surface area contributed by atoms with Crippen LogP contribution in [0.2, 0.25) is 0 Å². The van der Waals surface area contributed by atoms with Crippen molar-refractivity contribution < 1.29 is 4.74 Å². The minimum atomic E-state index is 0.755. The number of anilines is 1. The number of ether oxygens (including phenoxy) is 1. The average molecular weight is 244 g/mol. The summed E-state index contributed by atoms with van der Waals surface area (Å²) in [5.74, 6) is 1.78. The van der Waals surface area contributed by atoms with Crippen molar-refractivity contribution in [2.45, 2.75) is 37.8 Å². The van der Waals surface area contributed by atoms with Gasteiger partial charge in [0.2, 0.25) is 0 Å².